The number of hydrogen-bond acceptors (Lipinski definition) is 3. The van der Waals surface area contributed by atoms with Crippen molar-refractivity contribution in [3.63, 3.8) is 0 Å². The van der Waals surface area contributed by atoms with Crippen molar-refractivity contribution in [3.05, 3.63) is 28.5 Å². The maximum atomic E-state index is 10.6. The van der Waals surface area contributed by atoms with Crippen molar-refractivity contribution in [2.45, 2.75) is 6.42 Å². The van der Waals surface area contributed by atoms with Gasteiger partial charge in [-0.25, -0.2) is 9.78 Å². The lowest BCUT2D eigenvalue weighted by molar-refractivity contribution is -0.117. The summed E-state index contributed by atoms with van der Waals surface area (Å²) in [6, 6.07) is 1.37. The molecule has 0 saturated heterocycles. The first-order chi connectivity index (χ1) is 7.50. The number of amides is 1. The van der Waals surface area contributed by atoms with Gasteiger partial charge in [0.1, 0.15) is 0 Å². The molecule has 0 aliphatic rings. The fourth-order valence-corrected chi connectivity index (χ4v) is 1.14. The van der Waals surface area contributed by atoms with Crippen LogP contribution in [0.2, 0.25) is 5.02 Å². The predicted molar refractivity (Wildman–Crippen MR) is 56.9 cm³/mol. The number of carboxylic acids is 1. The molecule has 1 aromatic rings. The summed E-state index contributed by atoms with van der Waals surface area (Å²) in [5, 5.41) is 8.66. The molecule has 0 saturated carbocycles. The highest BCUT2D eigenvalue weighted by Gasteiger charge is 2.09. The fraction of sp³-hybridized carbons (Fsp3) is 0.100. The minimum absolute atomic E-state index is 0.00150. The van der Waals surface area contributed by atoms with Gasteiger partial charge in [-0.2, -0.15) is 0 Å². The number of aromatic carboxylic acids is 1. The number of primary amides is 1. The van der Waals surface area contributed by atoms with Crippen LogP contribution in [0.15, 0.2) is 12.3 Å². The van der Waals surface area contributed by atoms with E-state index in [1.807, 2.05) is 0 Å². The third kappa shape index (κ3) is 3.26. The molecule has 0 aliphatic heterocycles. The molecule has 0 bridgehead atoms. The van der Waals surface area contributed by atoms with E-state index in [2.05, 4.69) is 16.8 Å². The van der Waals surface area contributed by atoms with Gasteiger partial charge in [0.05, 0.1) is 11.4 Å². The van der Waals surface area contributed by atoms with Gasteiger partial charge < -0.3 is 10.8 Å². The lowest BCUT2D eigenvalue weighted by Gasteiger charge is -1.97. The van der Waals surface area contributed by atoms with E-state index in [0.717, 1.165) is 0 Å². The number of carboxylic acid groups (broad SMARTS) is 1. The third-order valence-electron chi connectivity index (χ3n) is 1.54. The van der Waals surface area contributed by atoms with E-state index in [0.29, 0.717) is 5.56 Å². The molecule has 1 rings (SSSR count). The van der Waals surface area contributed by atoms with E-state index in [1.165, 1.54) is 12.3 Å². The Hall–Kier alpha value is -2.06. The van der Waals surface area contributed by atoms with Crippen molar-refractivity contribution in [2.75, 3.05) is 0 Å². The summed E-state index contributed by atoms with van der Waals surface area (Å²) in [5.41, 5.74) is 5.08. The number of carbonyl (C=O) groups is 2. The Balaban J connectivity index is 2.92. The van der Waals surface area contributed by atoms with Crippen molar-refractivity contribution >= 4 is 23.5 Å². The standard InChI is InChI=1S/C10H7ClN2O3/c11-7-4-6(2-1-3-8(12)14)5-13-9(7)10(15)16/h4-5H,3H2,(H2,12,14)(H,15,16). The number of carbonyl (C=O) groups excluding carboxylic acids is 1. The molecule has 1 heterocycles. The van der Waals surface area contributed by atoms with Crippen molar-refractivity contribution < 1.29 is 14.7 Å². The van der Waals surface area contributed by atoms with Crippen LogP contribution in [0.25, 0.3) is 0 Å². The van der Waals surface area contributed by atoms with Crippen LogP contribution in [0.3, 0.4) is 0 Å². The average molecular weight is 239 g/mol. The highest BCUT2D eigenvalue weighted by atomic mass is 35.5. The first-order valence-electron chi connectivity index (χ1n) is 4.16. The number of aromatic nitrogens is 1. The van der Waals surface area contributed by atoms with Crippen LogP contribution in [-0.2, 0) is 4.79 Å². The molecule has 82 valence electrons. The van der Waals surface area contributed by atoms with Crippen molar-refractivity contribution in [1.82, 2.24) is 4.98 Å². The van der Waals surface area contributed by atoms with Crippen LogP contribution in [0.1, 0.15) is 22.5 Å². The number of pyridine rings is 1. The zero-order valence-electron chi connectivity index (χ0n) is 8.03. The lowest BCUT2D eigenvalue weighted by atomic mass is 10.2. The van der Waals surface area contributed by atoms with Crippen LogP contribution in [0.5, 0.6) is 0 Å². The predicted octanol–water partition coefficient (Wildman–Crippen LogP) is 0.660. The lowest BCUT2D eigenvalue weighted by Crippen LogP contribution is -2.08. The fourth-order valence-electron chi connectivity index (χ4n) is 0.897. The highest BCUT2D eigenvalue weighted by Crippen LogP contribution is 2.14. The number of nitrogens with two attached hydrogens (primary N) is 1. The molecule has 0 spiro atoms. The molecule has 1 amide bonds. The monoisotopic (exact) mass is 238 g/mol. The van der Waals surface area contributed by atoms with Gasteiger partial charge in [-0.1, -0.05) is 23.4 Å². The molecule has 0 radical (unpaired) electrons. The Morgan fingerprint density at radius 1 is 1.56 bits per heavy atom. The number of hydrogen-bond donors (Lipinski definition) is 2. The second-order valence-corrected chi connectivity index (χ2v) is 3.21. The summed E-state index contributed by atoms with van der Waals surface area (Å²) < 4.78 is 0. The van der Waals surface area contributed by atoms with Crippen LogP contribution in [0.4, 0.5) is 0 Å². The topological polar surface area (TPSA) is 93.3 Å². The Bertz CT molecular complexity index is 503. The van der Waals surface area contributed by atoms with E-state index in [4.69, 9.17) is 22.4 Å². The average Bonchev–Trinajstić information content (AvgIpc) is 2.16. The zero-order chi connectivity index (χ0) is 12.1. The molecule has 5 nitrogen and oxygen atoms in total. The number of halogens is 1. The van der Waals surface area contributed by atoms with E-state index in [-0.39, 0.29) is 17.1 Å². The van der Waals surface area contributed by atoms with Gasteiger partial charge >= 0.3 is 5.97 Å². The van der Waals surface area contributed by atoms with Gasteiger partial charge in [0.25, 0.3) is 0 Å². The van der Waals surface area contributed by atoms with Crippen LogP contribution in [0, 0.1) is 11.8 Å². The summed E-state index contributed by atoms with van der Waals surface area (Å²) in [4.78, 5) is 24.6. The summed E-state index contributed by atoms with van der Waals surface area (Å²) >= 11 is 5.66. The van der Waals surface area contributed by atoms with Gasteiger partial charge in [-0.15, -0.1) is 0 Å². The normalized spacial score (nSPS) is 9.06. The van der Waals surface area contributed by atoms with Crippen molar-refractivity contribution in [3.8, 4) is 11.8 Å². The summed E-state index contributed by atoms with van der Waals surface area (Å²) in [6.07, 6.45) is 1.20. The van der Waals surface area contributed by atoms with Gasteiger partial charge in [-0.05, 0) is 6.07 Å². The SMILES string of the molecule is NC(=O)CC#Cc1cnc(C(=O)O)c(Cl)c1. The second kappa shape index (κ2) is 5.14. The molecule has 6 heteroatoms. The Labute approximate surface area is 96.2 Å². The molecule has 0 unspecified atom stereocenters. The maximum Gasteiger partial charge on any atom is 0.356 e. The van der Waals surface area contributed by atoms with Gasteiger partial charge in [0.2, 0.25) is 5.91 Å². The second-order valence-electron chi connectivity index (χ2n) is 2.80. The molecule has 0 fully saturated rings. The Kier molecular flexibility index (Phi) is 3.86. The van der Waals surface area contributed by atoms with Crippen LogP contribution in [-0.4, -0.2) is 22.0 Å². The first-order valence-corrected chi connectivity index (χ1v) is 4.54. The number of rotatable bonds is 2. The molecule has 16 heavy (non-hydrogen) atoms. The quantitative estimate of drug-likeness (QED) is 0.740. The Morgan fingerprint density at radius 3 is 2.75 bits per heavy atom. The van der Waals surface area contributed by atoms with Crippen molar-refractivity contribution in [1.29, 1.82) is 0 Å². The van der Waals surface area contributed by atoms with E-state index in [1.54, 1.807) is 0 Å². The number of nitrogens with zero attached hydrogens (tertiary/aromatic N) is 1. The highest BCUT2D eigenvalue weighted by molar-refractivity contribution is 6.33. The molecule has 3 N–H and O–H groups in total. The van der Waals surface area contributed by atoms with Gasteiger partial charge in [-0.3, -0.25) is 4.79 Å². The first kappa shape index (κ1) is 12.0. The van der Waals surface area contributed by atoms with Gasteiger partial charge in [0.15, 0.2) is 5.69 Å². The minimum Gasteiger partial charge on any atom is -0.476 e. The smallest absolute Gasteiger partial charge is 0.356 e. The van der Waals surface area contributed by atoms with Gasteiger partial charge in [0, 0.05) is 11.8 Å². The van der Waals surface area contributed by atoms with Crippen molar-refractivity contribution in [2.24, 2.45) is 5.73 Å². The van der Waals surface area contributed by atoms with Crippen LogP contribution < -0.4 is 5.73 Å². The molecular weight excluding hydrogens is 232 g/mol. The molecule has 0 aliphatic carbocycles. The molecule has 0 atom stereocenters. The summed E-state index contributed by atoms with van der Waals surface area (Å²) in [7, 11) is 0. The molecule has 1 aromatic heterocycles. The maximum absolute atomic E-state index is 10.6. The van der Waals surface area contributed by atoms with E-state index >= 15 is 0 Å². The third-order valence-corrected chi connectivity index (χ3v) is 1.83. The zero-order valence-corrected chi connectivity index (χ0v) is 8.78. The summed E-state index contributed by atoms with van der Waals surface area (Å²) in [5.74, 6) is 3.36. The largest absolute Gasteiger partial charge is 0.476 e. The van der Waals surface area contributed by atoms with E-state index in [9.17, 15) is 9.59 Å². The molecule has 0 aromatic carbocycles. The van der Waals surface area contributed by atoms with Crippen LogP contribution >= 0.6 is 11.6 Å². The summed E-state index contributed by atoms with van der Waals surface area (Å²) in [6.45, 7) is 0. The molecular formula is C10H7ClN2O3. The Morgan fingerprint density at radius 2 is 2.25 bits per heavy atom. The minimum atomic E-state index is -1.21. The van der Waals surface area contributed by atoms with E-state index < -0.39 is 11.9 Å².